The van der Waals surface area contributed by atoms with Crippen LogP contribution in [0, 0.1) is 11.8 Å². The number of rotatable bonds is 2. The fourth-order valence-corrected chi connectivity index (χ4v) is 4.24. The molecule has 0 aromatic heterocycles. The lowest BCUT2D eigenvalue weighted by Gasteiger charge is -2.44. The number of nitrogens with zero attached hydrogens (tertiary/aromatic N) is 2. The molecule has 17 heavy (non-hydrogen) atoms. The van der Waals surface area contributed by atoms with Crippen molar-refractivity contribution in [2.75, 3.05) is 32.7 Å². The van der Waals surface area contributed by atoms with Crippen LogP contribution < -0.4 is 0 Å². The number of piperidine rings is 1. The van der Waals surface area contributed by atoms with Crippen LogP contribution in [0.2, 0.25) is 0 Å². The van der Waals surface area contributed by atoms with E-state index in [2.05, 4.69) is 16.7 Å². The molecule has 2 nitrogen and oxygen atoms in total. The second-order valence-corrected chi connectivity index (χ2v) is 6.73. The van der Waals surface area contributed by atoms with Gasteiger partial charge >= 0.3 is 0 Å². The van der Waals surface area contributed by atoms with Gasteiger partial charge in [0.2, 0.25) is 0 Å². The summed E-state index contributed by atoms with van der Waals surface area (Å²) in [5.41, 5.74) is 0. The summed E-state index contributed by atoms with van der Waals surface area (Å²) in [6.45, 7) is 9.24. The lowest BCUT2D eigenvalue weighted by molar-refractivity contribution is 0.0420. The van der Waals surface area contributed by atoms with E-state index in [4.69, 9.17) is 0 Å². The molecule has 0 aromatic carbocycles. The zero-order chi connectivity index (χ0) is 11.7. The molecule has 1 aliphatic carbocycles. The van der Waals surface area contributed by atoms with Crippen LogP contribution in [0.5, 0.6) is 0 Å². The molecule has 3 aliphatic rings. The minimum absolute atomic E-state index is 0.899. The summed E-state index contributed by atoms with van der Waals surface area (Å²) in [7, 11) is 0. The summed E-state index contributed by atoms with van der Waals surface area (Å²) < 4.78 is 0. The highest BCUT2D eigenvalue weighted by molar-refractivity contribution is 4.86. The second kappa shape index (κ2) is 5.27. The average Bonchev–Trinajstić information content (AvgIpc) is 2.75. The van der Waals surface area contributed by atoms with Crippen LogP contribution >= 0.6 is 0 Å². The Labute approximate surface area is 106 Å². The number of piperazine rings is 1. The lowest BCUT2D eigenvalue weighted by atomic mass is 9.98. The van der Waals surface area contributed by atoms with Crippen LogP contribution in [0.15, 0.2) is 0 Å². The molecular weight excluding hydrogens is 208 g/mol. The predicted octanol–water partition coefficient (Wildman–Crippen LogP) is 2.59. The van der Waals surface area contributed by atoms with Crippen molar-refractivity contribution in [1.29, 1.82) is 0 Å². The van der Waals surface area contributed by atoms with Crippen LogP contribution in [0.1, 0.15) is 45.4 Å². The molecule has 0 aromatic rings. The van der Waals surface area contributed by atoms with Crippen molar-refractivity contribution in [3.05, 3.63) is 0 Å². The Morgan fingerprint density at radius 2 is 1.94 bits per heavy atom. The van der Waals surface area contributed by atoms with Gasteiger partial charge in [-0.15, -0.1) is 0 Å². The van der Waals surface area contributed by atoms with Gasteiger partial charge in [-0.2, -0.15) is 0 Å². The van der Waals surface area contributed by atoms with Gasteiger partial charge in [-0.1, -0.05) is 19.8 Å². The largest absolute Gasteiger partial charge is 0.300 e. The van der Waals surface area contributed by atoms with Gasteiger partial charge in [0.25, 0.3) is 0 Å². The van der Waals surface area contributed by atoms with Gasteiger partial charge in [0, 0.05) is 32.2 Å². The maximum Gasteiger partial charge on any atom is 0.0223 e. The van der Waals surface area contributed by atoms with Gasteiger partial charge in [-0.05, 0) is 44.1 Å². The molecule has 0 bridgehead atoms. The smallest absolute Gasteiger partial charge is 0.0223 e. The maximum absolute atomic E-state index is 2.77. The maximum atomic E-state index is 2.77. The van der Waals surface area contributed by atoms with Crippen molar-refractivity contribution in [2.24, 2.45) is 11.8 Å². The number of fused-ring (bicyclic) bond motifs is 1. The first-order valence-corrected chi connectivity index (χ1v) is 7.77. The van der Waals surface area contributed by atoms with Crippen LogP contribution in [-0.2, 0) is 0 Å². The van der Waals surface area contributed by atoms with Crippen molar-refractivity contribution in [3.8, 4) is 0 Å². The monoisotopic (exact) mass is 236 g/mol. The second-order valence-electron chi connectivity index (χ2n) is 6.73. The van der Waals surface area contributed by atoms with Crippen molar-refractivity contribution in [1.82, 2.24) is 9.80 Å². The molecule has 0 radical (unpaired) electrons. The first kappa shape index (κ1) is 12.0. The highest BCUT2D eigenvalue weighted by atomic mass is 15.3. The quantitative estimate of drug-likeness (QED) is 0.727. The summed E-state index contributed by atoms with van der Waals surface area (Å²) in [5, 5.41) is 0. The fourth-order valence-electron chi connectivity index (χ4n) is 4.24. The fraction of sp³-hybridized carbons (Fsp3) is 1.00. The minimum Gasteiger partial charge on any atom is -0.300 e. The molecule has 3 rings (SSSR count). The van der Waals surface area contributed by atoms with E-state index in [9.17, 15) is 0 Å². The highest BCUT2D eigenvalue weighted by Gasteiger charge is 2.31. The molecule has 0 N–H and O–H groups in total. The van der Waals surface area contributed by atoms with E-state index in [1.165, 1.54) is 71.2 Å². The molecule has 0 spiro atoms. The molecule has 3 atom stereocenters. The molecule has 98 valence electrons. The minimum atomic E-state index is 0.899. The predicted molar refractivity (Wildman–Crippen MR) is 72.2 cm³/mol. The molecule has 2 heteroatoms. The Hall–Kier alpha value is -0.0800. The van der Waals surface area contributed by atoms with Crippen LogP contribution in [0.3, 0.4) is 0 Å². The van der Waals surface area contributed by atoms with Gasteiger partial charge < -0.3 is 4.90 Å². The summed E-state index contributed by atoms with van der Waals surface area (Å²) in [6, 6.07) is 0.899. The summed E-state index contributed by atoms with van der Waals surface area (Å²) in [4.78, 5) is 5.52. The Balaban J connectivity index is 1.48. The van der Waals surface area contributed by atoms with Crippen molar-refractivity contribution in [2.45, 2.75) is 51.5 Å². The molecule has 2 heterocycles. The van der Waals surface area contributed by atoms with E-state index in [0.29, 0.717) is 0 Å². The Kier molecular flexibility index (Phi) is 3.72. The standard InChI is InChI=1S/C15H28N2/c1-13-5-6-14(10-13)11-16-8-9-17-7-3-2-4-15(17)12-16/h13-15H,2-12H2,1H3. The normalized spacial score (nSPS) is 40.4. The molecule has 2 saturated heterocycles. The Morgan fingerprint density at radius 1 is 1.00 bits per heavy atom. The van der Waals surface area contributed by atoms with Crippen LogP contribution in [0.4, 0.5) is 0 Å². The van der Waals surface area contributed by atoms with Crippen molar-refractivity contribution >= 4 is 0 Å². The Morgan fingerprint density at radius 3 is 2.76 bits per heavy atom. The van der Waals surface area contributed by atoms with Crippen LogP contribution in [0.25, 0.3) is 0 Å². The van der Waals surface area contributed by atoms with Gasteiger partial charge in [-0.25, -0.2) is 0 Å². The number of hydrogen-bond donors (Lipinski definition) is 0. The van der Waals surface area contributed by atoms with E-state index < -0.39 is 0 Å². The molecule has 1 saturated carbocycles. The molecular formula is C15H28N2. The van der Waals surface area contributed by atoms with Gasteiger partial charge in [0.05, 0.1) is 0 Å². The summed E-state index contributed by atoms with van der Waals surface area (Å²) >= 11 is 0. The van der Waals surface area contributed by atoms with E-state index in [0.717, 1.165) is 17.9 Å². The van der Waals surface area contributed by atoms with Crippen molar-refractivity contribution in [3.63, 3.8) is 0 Å². The first-order valence-electron chi connectivity index (χ1n) is 7.77. The molecule has 2 aliphatic heterocycles. The van der Waals surface area contributed by atoms with E-state index >= 15 is 0 Å². The average molecular weight is 236 g/mol. The third-order valence-electron chi connectivity index (χ3n) is 5.24. The van der Waals surface area contributed by atoms with E-state index in [1.54, 1.807) is 0 Å². The first-order chi connectivity index (χ1) is 8.31. The third kappa shape index (κ3) is 2.85. The van der Waals surface area contributed by atoms with Gasteiger partial charge in [0.15, 0.2) is 0 Å². The highest BCUT2D eigenvalue weighted by Crippen LogP contribution is 2.31. The lowest BCUT2D eigenvalue weighted by Crippen LogP contribution is -2.55. The summed E-state index contributed by atoms with van der Waals surface area (Å²) in [6.07, 6.45) is 8.83. The zero-order valence-corrected chi connectivity index (χ0v) is 11.4. The summed E-state index contributed by atoms with van der Waals surface area (Å²) in [5.74, 6) is 2.01. The number of hydrogen-bond acceptors (Lipinski definition) is 2. The molecule has 0 amide bonds. The molecule has 3 fully saturated rings. The van der Waals surface area contributed by atoms with Crippen LogP contribution in [-0.4, -0.2) is 48.6 Å². The Bertz CT molecular complexity index is 251. The SMILES string of the molecule is CC1CCC(CN2CCN3CCCCC3C2)C1. The zero-order valence-electron chi connectivity index (χ0n) is 11.4. The van der Waals surface area contributed by atoms with E-state index in [1.807, 2.05) is 0 Å². The van der Waals surface area contributed by atoms with Crippen molar-refractivity contribution < 1.29 is 0 Å². The third-order valence-corrected chi connectivity index (χ3v) is 5.24. The molecule has 3 unspecified atom stereocenters. The van der Waals surface area contributed by atoms with Gasteiger partial charge in [0.1, 0.15) is 0 Å². The van der Waals surface area contributed by atoms with Gasteiger partial charge in [-0.3, -0.25) is 4.90 Å². The topological polar surface area (TPSA) is 6.48 Å². The van der Waals surface area contributed by atoms with E-state index in [-0.39, 0.29) is 0 Å².